The number of halogens is 6. The summed E-state index contributed by atoms with van der Waals surface area (Å²) in [5.41, 5.74) is 0. The van der Waals surface area contributed by atoms with Gasteiger partial charge in [0.05, 0.1) is 0 Å². The molecule has 0 spiro atoms. The van der Waals surface area contributed by atoms with Crippen LogP contribution in [0.3, 0.4) is 0 Å². The summed E-state index contributed by atoms with van der Waals surface area (Å²) in [5.74, 6) is 0. The van der Waals surface area contributed by atoms with Gasteiger partial charge in [0, 0.05) is 0 Å². The lowest BCUT2D eigenvalue weighted by atomic mass is 10.3. The van der Waals surface area contributed by atoms with Gasteiger partial charge in [-0.1, -0.05) is 13.8 Å². The molecule has 2 atom stereocenters. The second kappa shape index (κ2) is 5.03. The fraction of sp³-hybridized carbons (Fsp3) is 1.00. The Morgan fingerprint density at radius 2 is 1.12 bits per heavy atom. The van der Waals surface area contributed by atoms with Gasteiger partial charge in [0.2, 0.25) is 0 Å². The first kappa shape index (κ1) is 16.5. The average Bonchev–Trinajstić information content (AvgIpc) is 2.25. The molecule has 0 aromatic rings. The van der Waals surface area contributed by atoms with Crippen molar-refractivity contribution in [2.75, 3.05) is 0 Å². The average molecular weight is 286 g/mol. The molecule has 2 nitrogen and oxygen atoms in total. The lowest BCUT2D eigenvalue weighted by Gasteiger charge is -2.26. The largest absolute Gasteiger partial charge is 0.382 e. The van der Waals surface area contributed by atoms with Crippen LogP contribution < -0.4 is 0 Å². The number of sulfone groups is 1. The Morgan fingerprint density at radius 1 is 0.882 bits per heavy atom. The summed E-state index contributed by atoms with van der Waals surface area (Å²) in [7, 11) is -6.58. The fourth-order valence-electron chi connectivity index (χ4n) is 0.993. The van der Waals surface area contributed by atoms with E-state index in [1.54, 1.807) is 0 Å². The highest BCUT2D eigenvalue weighted by atomic mass is 32.2. The van der Waals surface area contributed by atoms with Gasteiger partial charge in [-0.2, -0.15) is 17.6 Å². The zero-order valence-electron chi connectivity index (χ0n) is 9.06. The molecular weight excluding hydrogens is 274 g/mol. The van der Waals surface area contributed by atoms with Crippen molar-refractivity contribution in [1.29, 1.82) is 0 Å². The second-order valence-corrected chi connectivity index (χ2v) is 5.47. The molecule has 17 heavy (non-hydrogen) atoms. The van der Waals surface area contributed by atoms with Crippen LogP contribution in [0, 0.1) is 0 Å². The Hall–Kier alpha value is -0.470. The third-order valence-electron chi connectivity index (χ3n) is 2.16. The molecule has 0 aliphatic carbocycles. The minimum absolute atomic E-state index is 0.860. The minimum Gasteiger partial charge on any atom is -0.240 e. The maximum atomic E-state index is 13.0. The summed E-state index contributed by atoms with van der Waals surface area (Å²) in [6, 6.07) is 0. The lowest BCUT2D eigenvalue weighted by Crippen LogP contribution is -2.51. The molecule has 0 aromatic heterocycles. The van der Waals surface area contributed by atoms with Crippen LogP contribution in [0.25, 0.3) is 0 Å². The number of hydrogen-bond acceptors (Lipinski definition) is 2. The van der Waals surface area contributed by atoms with Crippen molar-refractivity contribution in [2.45, 2.75) is 49.5 Å². The van der Waals surface area contributed by atoms with Crippen LogP contribution in [0.2, 0.25) is 0 Å². The predicted octanol–water partition coefficient (Wildman–Crippen LogP) is 3.08. The van der Waals surface area contributed by atoms with Crippen molar-refractivity contribution in [3.63, 3.8) is 0 Å². The highest BCUT2D eigenvalue weighted by Crippen LogP contribution is 2.42. The molecule has 0 saturated heterocycles. The van der Waals surface area contributed by atoms with Crippen LogP contribution in [0.15, 0.2) is 0 Å². The fourth-order valence-corrected chi connectivity index (χ4v) is 2.36. The summed E-state index contributed by atoms with van der Waals surface area (Å²) < 4.78 is 99.1. The predicted molar refractivity (Wildman–Crippen MR) is 49.2 cm³/mol. The van der Waals surface area contributed by atoms with Gasteiger partial charge in [0.15, 0.2) is 12.3 Å². The maximum absolute atomic E-state index is 13.0. The lowest BCUT2D eigenvalue weighted by molar-refractivity contribution is -0.0366. The Labute approximate surface area is 94.9 Å². The summed E-state index contributed by atoms with van der Waals surface area (Å²) >= 11 is 0. The molecular formula is C8H12F6O2S. The van der Waals surface area contributed by atoms with Crippen molar-refractivity contribution in [1.82, 2.24) is 0 Å². The van der Waals surface area contributed by atoms with E-state index in [2.05, 4.69) is 0 Å². The van der Waals surface area contributed by atoms with Crippen LogP contribution in [0.4, 0.5) is 26.3 Å². The zero-order chi connectivity index (χ0) is 14.1. The molecule has 0 N–H and O–H groups in total. The van der Waals surface area contributed by atoms with E-state index in [4.69, 9.17) is 0 Å². The van der Waals surface area contributed by atoms with Gasteiger partial charge in [-0.3, -0.25) is 0 Å². The molecule has 2 unspecified atom stereocenters. The molecule has 0 bridgehead atoms. The smallest absolute Gasteiger partial charge is 0.240 e. The summed E-state index contributed by atoms with van der Waals surface area (Å²) in [4.78, 5) is 0. The molecule has 0 radical (unpaired) electrons. The van der Waals surface area contributed by atoms with E-state index in [1.807, 2.05) is 0 Å². The molecule has 0 amide bonds. The van der Waals surface area contributed by atoms with Gasteiger partial charge in [0.25, 0.3) is 9.84 Å². The van der Waals surface area contributed by atoms with Crippen molar-refractivity contribution >= 4 is 9.84 Å². The Bertz CT molecular complexity index is 325. The summed E-state index contributed by atoms with van der Waals surface area (Å²) in [6.07, 6.45) is -8.57. The highest BCUT2D eigenvalue weighted by molar-refractivity contribution is 7.93. The van der Waals surface area contributed by atoms with Gasteiger partial charge < -0.3 is 0 Å². The van der Waals surface area contributed by atoms with E-state index in [-0.39, 0.29) is 0 Å². The van der Waals surface area contributed by atoms with Crippen LogP contribution in [0.1, 0.15) is 26.7 Å². The zero-order valence-corrected chi connectivity index (χ0v) is 9.88. The second-order valence-electron chi connectivity index (χ2n) is 3.38. The highest BCUT2D eigenvalue weighted by Gasteiger charge is 2.67. The molecule has 0 heterocycles. The third-order valence-corrected chi connectivity index (χ3v) is 4.11. The Kier molecular flexibility index (Phi) is 4.89. The van der Waals surface area contributed by atoms with E-state index >= 15 is 0 Å². The molecule has 0 rings (SSSR count). The number of rotatable bonds is 6. The topological polar surface area (TPSA) is 34.1 Å². The maximum Gasteiger partial charge on any atom is 0.382 e. The first-order chi connectivity index (χ1) is 7.46. The molecule has 0 saturated carbocycles. The molecule has 0 aromatic carbocycles. The minimum atomic E-state index is -6.58. The van der Waals surface area contributed by atoms with Crippen LogP contribution in [0.5, 0.6) is 0 Å². The van der Waals surface area contributed by atoms with Gasteiger partial charge in [0.1, 0.15) is 0 Å². The SMILES string of the molecule is CCC(F)C(F)(F)S(=O)(=O)C(F)(F)C(F)CC. The first-order valence-electron chi connectivity index (χ1n) is 4.74. The van der Waals surface area contributed by atoms with Crippen molar-refractivity contribution in [2.24, 2.45) is 0 Å². The molecule has 0 aliphatic heterocycles. The standard InChI is InChI=1S/C8H12F6O2S/c1-3-5(9)7(11,12)17(15,16)8(13,14)6(10)4-2/h5-6H,3-4H2,1-2H3. The van der Waals surface area contributed by atoms with E-state index in [0.29, 0.717) is 0 Å². The molecule has 9 heteroatoms. The monoisotopic (exact) mass is 286 g/mol. The number of alkyl halides is 6. The number of hydrogen-bond donors (Lipinski definition) is 0. The Balaban J connectivity index is 5.56. The third kappa shape index (κ3) is 2.53. The Morgan fingerprint density at radius 3 is 1.29 bits per heavy atom. The first-order valence-corrected chi connectivity index (χ1v) is 6.23. The molecule has 104 valence electrons. The van der Waals surface area contributed by atoms with Crippen molar-refractivity contribution < 1.29 is 34.8 Å². The van der Waals surface area contributed by atoms with E-state index in [0.717, 1.165) is 13.8 Å². The van der Waals surface area contributed by atoms with Gasteiger partial charge in [-0.25, -0.2) is 17.2 Å². The molecule has 0 aliphatic rings. The van der Waals surface area contributed by atoms with Gasteiger partial charge in [-0.05, 0) is 12.8 Å². The van der Waals surface area contributed by atoms with Crippen molar-refractivity contribution in [3.05, 3.63) is 0 Å². The van der Waals surface area contributed by atoms with Crippen LogP contribution in [-0.4, -0.2) is 31.3 Å². The van der Waals surface area contributed by atoms with Gasteiger partial charge in [-0.15, -0.1) is 0 Å². The normalized spacial score (nSPS) is 17.9. The van der Waals surface area contributed by atoms with E-state index in [1.165, 1.54) is 0 Å². The van der Waals surface area contributed by atoms with Crippen molar-refractivity contribution in [3.8, 4) is 0 Å². The van der Waals surface area contributed by atoms with E-state index in [9.17, 15) is 34.8 Å². The summed E-state index contributed by atoms with van der Waals surface area (Å²) in [5, 5.41) is -10.6. The molecule has 0 fully saturated rings. The van der Waals surface area contributed by atoms with Gasteiger partial charge >= 0.3 is 10.5 Å². The van der Waals surface area contributed by atoms with Crippen LogP contribution in [-0.2, 0) is 9.84 Å². The van der Waals surface area contributed by atoms with Crippen LogP contribution >= 0.6 is 0 Å². The quantitative estimate of drug-likeness (QED) is 0.703. The summed E-state index contributed by atoms with van der Waals surface area (Å²) in [6.45, 7) is 1.72. The van der Waals surface area contributed by atoms with E-state index < -0.39 is 45.5 Å².